The normalized spacial score (nSPS) is 15.9. The van der Waals surface area contributed by atoms with Crippen molar-refractivity contribution in [3.8, 4) is 17.6 Å². The first-order valence-electron chi connectivity index (χ1n) is 9.12. The van der Waals surface area contributed by atoms with Gasteiger partial charge in [-0.1, -0.05) is 26.8 Å². The lowest BCUT2D eigenvalue weighted by Gasteiger charge is -2.26. The summed E-state index contributed by atoms with van der Waals surface area (Å²) in [6.07, 6.45) is 1.59. The Hall–Kier alpha value is -2.36. The summed E-state index contributed by atoms with van der Waals surface area (Å²) in [5.41, 5.74) is 0.251. The number of ketones is 1. The highest BCUT2D eigenvalue weighted by molar-refractivity contribution is 6.06. The number of allylic oxidation sites excluding steroid dienone is 1. The number of carbonyl (C=O) groups is 1. The monoisotopic (exact) mass is 372 g/mol. The van der Waals surface area contributed by atoms with E-state index in [0.29, 0.717) is 18.1 Å². The molecule has 0 spiro atoms. The maximum atomic E-state index is 12.4. The first kappa shape index (κ1) is 20.9. The van der Waals surface area contributed by atoms with Crippen molar-refractivity contribution in [3.63, 3.8) is 0 Å². The zero-order valence-electron chi connectivity index (χ0n) is 16.6. The number of Topliss-reactive ketones (excluding diaryl/α,β-unsaturated/α-hetero) is 1. The largest absolute Gasteiger partial charge is 0.493 e. The molecule has 146 valence electrons. The van der Waals surface area contributed by atoms with E-state index in [1.807, 2.05) is 12.1 Å². The Morgan fingerprint density at radius 2 is 2.00 bits per heavy atom. The van der Waals surface area contributed by atoms with Gasteiger partial charge >= 0.3 is 0 Å². The number of benzene rings is 1. The van der Waals surface area contributed by atoms with Crippen LogP contribution < -0.4 is 9.47 Å². The molecule has 1 aliphatic rings. The molecule has 1 aromatic rings. The zero-order chi connectivity index (χ0) is 19.9. The van der Waals surface area contributed by atoms with Crippen molar-refractivity contribution in [3.05, 3.63) is 29.3 Å². The molecule has 0 bridgehead atoms. The van der Waals surface area contributed by atoms with Crippen molar-refractivity contribution >= 4 is 11.9 Å². The molecule has 27 heavy (non-hydrogen) atoms. The minimum Gasteiger partial charge on any atom is -0.493 e. The Balaban J connectivity index is 2.07. The van der Waals surface area contributed by atoms with Crippen LogP contribution in [-0.4, -0.2) is 57.2 Å². The first-order chi connectivity index (χ1) is 12.8. The van der Waals surface area contributed by atoms with E-state index in [9.17, 15) is 10.1 Å². The van der Waals surface area contributed by atoms with Crippen molar-refractivity contribution in [2.24, 2.45) is 5.41 Å². The summed E-state index contributed by atoms with van der Waals surface area (Å²) in [5, 5.41) is 9.33. The van der Waals surface area contributed by atoms with Crippen LogP contribution in [0, 0.1) is 16.7 Å². The topological polar surface area (TPSA) is 71.8 Å². The van der Waals surface area contributed by atoms with Crippen molar-refractivity contribution < 1.29 is 19.0 Å². The number of rotatable bonds is 7. The molecule has 0 aromatic heterocycles. The van der Waals surface area contributed by atoms with E-state index in [1.165, 1.54) is 0 Å². The van der Waals surface area contributed by atoms with Crippen LogP contribution in [0.25, 0.3) is 6.08 Å². The molecule has 0 unspecified atom stereocenters. The van der Waals surface area contributed by atoms with E-state index in [4.69, 9.17) is 14.2 Å². The van der Waals surface area contributed by atoms with Gasteiger partial charge in [-0.3, -0.25) is 9.69 Å². The Morgan fingerprint density at radius 1 is 1.30 bits per heavy atom. The second kappa shape index (κ2) is 9.54. The van der Waals surface area contributed by atoms with Gasteiger partial charge in [-0.25, -0.2) is 0 Å². The van der Waals surface area contributed by atoms with Gasteiger partial charge in [0.25, 0.3) is 0 Å². The van der Waals surface area contributed by atoms with E-state index >= 15 is 0 Å². The van der Waals surface area contributed by atoms with Crippen LogP contribution in [0.5, 0.6) is 11.5 Å². The highest BCUT2D eigenvalue weighted by Crippen LogP contribution is 2.30. The molecular formula is C21H28N2O4. The molecule has 1 saturated heterocycles. The van der Waals surface area contributed by atoms with Gasteiger partial charge in [-0.15, -0.1) is 0 Å². The number of nitriles is 1. The number of carbonyl (C=O) groups excluding carboxylic acids is 1. The fourth-order valence-corrected chi connectivity index (χ4v) is 2.72. The average Bonchev–Trinajstić information content (AvgIpc) is 2.66. The number of hydrogen-bond donors (Lipinski definition) is 0. The van der Waals surface area contributed by atoms with Gasteiger partial charge in [0, 0.05) is 25.0 Å². The zero-order valence-corrected chi connectivity index (χ0v) is 16.6. The van der Waals surface area contributed by atoms with Crippen LogP contribution >= 0.6 is 0 Å². The molecule has 1 aromatic carbocycles. The lowest BCUT2D eigenvalue weighted by molar-refractivity contribution is -0.121. The van der Waals surface area contributed by atoms with Crippen molar-refractivity contribution in [2.45, 2.75) is 20.8 Å². The average molecular weight is 372 g/mol. The molecule has 0 saturated carbocycles. The predicted octanol–water partition coefficient (Wildman–Crippen LogP) is 2.93. The Kier molecular flexibility index (Phi) is 7.40. The van der Waals surface area contributed by atoms with Crippen LogP contribution in [0.4, 0.5) is 0 Å². The third-order valence-corrected chi connectivity index (χ3v) is 4.31. The van der Waals surface area contributed by atoms with E-state index in [1.54, 1.807) is 46.1 Å². The minimum absolute atomic E-state index is 0.130. The summed E-state index contributed by atoms with van der Waals surface area (Å²) in [6, 6.07) is 7.40. The summed E-state index contributed by atoms with van der Waals surface area (Å²) in [7, 11) is 1.57. The van der Waals surface area contributed by atoms with Crippen LogP contribution in [-0.2, 0) is 9.53 Å². The van der Waals surface area contributed by atoms with Gasteiger partial charge in [-0.05, 0) is 23.8 Å². The molecule has 0 radical (unpaired) electrons. The van der Waals surface area contributed by atoms with Gasteiger partial charge in [0.2, 0.25) is 0 Å². The third-order valence-electron chi connectivity index (χ3n) is 4.31. The quantitative estimate of drug-likeness (QED) is 0.541. The summed E-state index contributed by atoms with van der Waals surface area (Å²) < 4.78 is 16.6. The highest BCUT2D eigenvalue weighted by atomic mass is 16.5. The van der Waals surface area contributed by atoms with Gasteiger partial charge in [0.05, 0.1) is 25.9 Å². The lowest BCUT2D eigenvalue weighted by Crippen LogP contribution is -2.38. The van der Waals surface area contributed by atoms with Crippen LogP contribution in [0.2, 0.25) is 0 Å². The number of morpholine rings is 1. The van der Waals surface area contributed by atoms with E-state index < -0.39 is 5.41 Å². The van der Waals surface area contributed by atoms with Gasteiger partial charge in [0.1, 0.15) is 12.7 Å². The smallest absolute Gasteiger partial charge is 0.178 e. The Labute approximate surface area is 161 Å². The first-order valence-corrected chi connectivity index (χ1v) is 9.12. The van der Waals surface area contributed by atoms with Crippen molar-refractivity contribution in [1.82, 2.24) is 4.90 Å². The maximum absolute atomic E-state index is 12.4. The number of hydrogen-bond acceptors (Lipinski definition) is 6. The molecule has 0 N–H and O–H groups in total. The summed E-state index contributed by atoms with van der Waals surface area (Å²) in [6.45, 7) is 10.1. The Morgan fingerprint density at radius 3 is 2.59 bits per heavy atom. The third kappa shape index (κ3) is 6.09. The Bertz CT molecular complexity index is 723. The molecule has 6 heteroatoms. The molecule has 6 nitrogen and oxygen atoms in total. The molecule has 1 aliphatic heterocycles. The van der Waals surface area contributed by atoms with E-state index in [2.05, 4.69) is 4.90 Å². The maximum Gasteiger partial charge on any atom is 0.178 e. The summed E-state index contributed by atoms with van der Waals surface area (Å²) in [4.78, 5) is 14.6. The second-order valence-electron chi connectivity index (χ2n) is 7.46. The summed E-state index contributed by atoms with van der Waals surface area (Å²) in [5.74, 6) is 1.03. The minimum atomic E-state index is -0.603. The predicted molar refractivity (Wildman–Crippen MR) is 104 cm³/mol. The molecule has 0 aliphatic carbocycles. The van der Waals surface area contributed by atoms with Gasteiger partial charge in [0.15, 0.2) is 17.3 Å². The van der Waals surface area contributed by atoms with Gasteiger partial charge < -0.3 is 14.2 Å². The number of nitrogens with zero attached hydrogens (tertiary/aromatic N) is 2. The standard InChI is InChI=1S/C21H28N2O4/c1-21(2,3)20(24)17(15-22)13-16-5-6-18(19(14-16)25-4)27-12-9-23-7-10-26-11-8-23/h5-6,13-14H,7-12H2,1-4H3. The van der Waals surface area contributed by atoms with Gasteiger partial charge in [-0.2, -0.15) is 5.26 Å². The lowest BCUT2D eigenvalue weighted by atomic mass is 9.86. The fraction of sp³-hybridized carbons (Fsp3) is 0.524. The van der Waals surface area contributed by atoms with Crippen LogP contribution in [0.15, 0.2) is 23.8 Å². The molecule has 1 fully saturated rings. The SMILES string of the molecule is COc1cc(C=C(C#N)C(=O)C(C)(C)C)ccc1OCCN1CCOCC1. The van der Waals surface area contributed by atoms with Crippen molar-refractivity contribution in [2.75, 3.05) is 46.6 Å². The van der Waals surface area contributed by atoms with Crippen LogP contribution in [0.3, 0.4) is 0 Å². The second-order valence-corrected chi connectivity index (χ2v) is 7.46. The molecule has 2 rings (SSSR count). The molecule has 1 heterocycles. The number of methoxy groups -OCH3 is 1. The molecule has 0 atom stereocenters. The highest BCUT2D eigenvalue weighted by Gasteiger charge is 2.25. The van der Waals surface area contributed by atoms with E-state index in [-0.39, 0.29) is 11.4 Å². The van der Waals surface area contributed by atoms with Crippen molar-refractivity contribution in [1.29, 1.82) is 5.26 Å². The fourth-order valence-electron chi connectivity index (χ4n) is 2.72. The van der Waals surface area contributed by atoms with E-state index in [0.717, 1.165) is 38.4 Å². The number of ether oxygens (including phenoxy) is 3. The molecular weight excluding hydrogens is 344 g/mol. The van der Waals surface area contributed by atoms with Crippen LogP contribution in [0.1, 0.15) is 26.3 Å². The molecule has 0 amide bonds. The summed E-state index contributed by atoms with van der Waals surface area (Å²) >= 11 is 0.